The van der Waals surface area contributed by atoms with E-state index in [1.165, 1.54) is 19.2 Å². The number of amides is 1. The van der Waals surface area contributed by atoms with Crippen LogP contribution in [0.4, 0.5) is 5.69 Å². The molecule has 0 saturated carbocycles. The second-order valence-electron chi connectivity index (χ2n) is 6.63. The molecule has 1 aromatic heterocycles. The first-order valence-corrected chi connectivity index (χ1v) is 11.5. The van der Waals surface area contributed by atoms with Gasteiger partial charge in [-0.15, -0.1) is 11.3 Å². The van der Waals surface area contributed by atoms with Crippen molar-refractivity contribution in [1.82, 2.24) is 0 Å². The second-order valence-corrected chi connectivity index (χ2v) is 9.59. The summed E-state index contributed by atoms with van der Waals surface area (Å²) in [4.78, 5) is 13.7. The van der Waals surface area contributed by atoms with Gasteiger partial charge < -0.3 is 15.2 Å². The first kappa shape index (κ1) is 20.4. The summed E-state index contributed by atoms with van der Waals surface area (Å²) in [5, 5.41) is 1.64. The minimum absolute atomic E-state index is 0.0555. The highest BCUT2D eigenvalue weighted by Crippen LogP contribution is 2.48. The van der Waals surface area contributed by atoms with Gasteiger partial charge in [-0.3, -0.25) is 4.79 Å². The van der Waals surface area contributed by atoms with E-state index < -0.39 is 21.5 Å². The lowest BCUT2D eigenvalue weighted by atomic mass is 9.84. The van der Waals surface area contributed by atoms with Crippen molar-refractivity contribution in [3.63, 3.8) is 0 Å². The maximum absolute atomic E-state index is 13.7. The number of fused-ring (bicyclic) bond motifs is 1. The van der Waals surface area contributed by atoms with Crippen LogP contribution in [0.15, 0.2) is 64.2 Å². The third-order valence-corrected chi connectivity index (χ3v) is 8.04. The van der Waals surface area contributed by atoms with Gasteiger partial charge in [0.25, 0.3) is 15.9 Å². The zero-order chi connectivity index (χ0) is 21.5. The zero-order valence-electron chi connectivity index (χ0n) is 16.4. The number of sulfonamides is 1. The number of nitrogens with zero attached hydrogens (tertiary/aromatic N) is 1. The summed E-state index contributed by atoms with van der Waals surface area (Å²) in [6.07, 6.45) is 0. The summed E-state index contributed by atoms with van der Waals surface area (Å²) in [7, 11) is -2.65. The molecule has 1 amide bonds. The van der Waals surface area contributed by atoms with Crippen molar-refractivity contribution >= 4 is 33.0 Å². The molecule has 3 aromatic rings. The molecule has 4 rings (SSSR count). The average Bonchev–Trinajstić information content (AvgIpc) is 3.36. The van der Waals surface area contributed by atoms with Crippen LogP contribution >= 0.6 is 11.3 Å². The highest BCUT2D eigenvalue weighted by atomic mass is 32.2. The highest BCUT2D eigenvalue weighted by Gasteiger charge is 2.55. The Morgan fingerprint density at radius 1 is 1.10 bits per heavy atom. The number of rotatable bonds is 6. The first-order chi connectivity index (χ1) is 14.4. The number of methoxy groups -OCH3 is 1. The molecule has 1 atom stereocenters. The molecule has 7 nitrogen and oxygen atoms in total. The first-order valence-electron chi connectivity index (χ1n) is 9.18. The van der Waals surface area contributed by atoms with Crippen LogP contribution in [0.2, 0.25) is 0 Å². The Morgan fingerprint density at radius 2 is 1.87 bits per heavy atom. The molecule has 1 aliphatic heterocycles. The van der Waals surface area contributed by atoms with Gasteiger partial charge >= 0.3 is 0 Å². The highest BCUT2D eigenvalue weighted by molar-refractivity contribution is 7.95. The van der Waals surface area contributed by atoms with Crippen molar-refractivity contribution in [2.75, 3.05) is 18.0 Å². The fraction of sp³-hybridized carbons (Fsp3) is 0.190. The molecule has 1 unspecified atom stereocenters. The largest absolute Gasteiger partial charge is 0.497 e. The summed E-state index contributed by atoms with van der Waals surface area (Å²) in [6, 6.07) is 14.7. The molecular formula is C21H20N2O5S2. The lowest BCUT2D eigenvalue weighted by molar-refractivity contribution is -0.120. The topological polar surface area (TPSA) is 98.9 Å². The fourth-order valence-corrected chi connectivity index (χ4v) is 6.13. The van der Waals surface area contributed by atoms with Crippen LogP contribution in [0.5, 0.6) is 11.5 Å². The van der Waals surface area contributed by atoms with Crippen LogP contribution in [0, 0.1) is 0 Å². The van der Waals surface area contributed by atoms with Crippen molar-refractivity contribution in [3.8, 4) is 11.5 Å². The molecule has 0 bridgehead atoms. The van der Waals surface area contributed by atoms with Gasteiger partial charge in [0, 0.05) is 11.1 Å². The molecular weight excluding hydrogens is 424 g/mol. The van der Waals surface area contributed by atoms with Crippen LogP contribution < -0.4 is 19.5 Å². The van der Waals surface area contributed by atoms with Gasteiger partial charge in [0.05, 0.1) is 19.4 Å². The fourth-order valence-electron chi connectivity index (χ4n) is 3.59. The Kier molecular flexibility index (Phi) is 5.05. The molecule has 2 N–H and O–H groups in total. The molecule has 0 aliphatic carbocycles. The lowest BCUT2D eigenvalue weighted by Crippen LogP contribution is -2.49. The molecule has 0 fully saturated rings. The van der Waals surface area contributed by atoms with E-state index in [9.17, 15) is 13.2 Å². The molecule has 2 heterocycles. The van der Waals surface area contributed by atoms with E-state index in [4.69, 9.17) is 15.2 Å². The van der Waals surface area contributed by atoms with Crippen molar-refractivity contribution < 1.29 is 22.7 Å². The minimum atomic E-state index is -4.14. The molecule has 0 spiro atoms. The average molecular weight is 445 g/mol. The van der Waals surface area contributed by atoms with Crippen molar-refractivity contribution in [2.24, 2.45) is 5.73 Å². The Bertz CT molecular complexity index is 1210. The van der Waals surface area contributed by atoms with Crippen molar-refractivity contribution in [2.45, 2.75) is 16.7 Å². The van der Waals surface area contributed by atoms with Gasteiger partial charge in [0.2, 0.25) is 0 Å². The Morgan fingerprint density at radius 3 is 2.53 bits per heavy atom. The Hall–Kier alpha value is -2.88. The number of nitrogens with two attached hydrogens (primary N) is 1. The minimum Gasteiger partial charge on any atom is -0.497 e. The van der Waals surface area contributed by atoms with Crippen molar-refractivity contribution in [3.05, 3.63) is 71.1 Å². The van der Waals surface area contributed by atoms with Crippen LogP contribution in [-0.4, -0.2) is 28.0 Å². The van der Waals surface area contributed by atoms with Gasteiger partial charge in [-0.25, -0.2) is 0 Å². The zero-order valence-corrected chi connectivity index (χ0v) is 18.0. The van der Waals surface area contributed by atoms with Gasteiger partial charge in [0.15, 0.2) is 5.54 Å². The number of carbonyl (C=O) groups is 1. The number of anilines is 1. The number of hydrogen-bond donors (Lipinski definition) is 1. The SMILES string of the molecule is CCOc1ccccc1C1(N)C(=O)N(S(=O)(=O)c2cccs2)c2ccc(OC)cc21. The van der Waals surface area contributed by atoms with Gasteiger partial charge in [-0.05, 0) is 42.6 Å². The van der Waals surface area contributed by atoms with Crippen LogP contribution in [0.1, 0.15) is 18.1 Å². The number of thiophene rings is 1. The van der Waals surface area contributed by atoms with E-state index in [-0.39, 0.29) is 9.90 Å². The maximum atomic E-state index is 13.7. The quantitative estimate of drug-likeness (QED) is 0.627. The number of para-hydroxylation sites is 1. The van der Waals surface area contributed by atoms with E-state index in [0.29, 0.717) is 29.2 Å². The van der Waals surface area contributed by atoms with Gasteiger partial charge in [0.1, 0.15) is 15.7 Å². The summed E-state index contributed by atoms with van der Waals surface area (Å²) < 4.78 is 38.6. The van der Waals surface area contributed by atoms with Crippen LogP contribution in [0.25, 0.3) is 0 Å². The smallest absolute Gasteiger partial charge is 0.280 e. The van der Waals surface area contributed by atoms with Gasteiger partial charge in [-0.1, -0.05) is 24.3 Å². The summed E-state index contributed by atoms with van der Waals surface area (Å²) in [5.41, 5.74) is 5.89. The summed E-state index contributed by atoms with van der Waals surface area (Å²) in [5.74, 6) is 0.104. The molecule has 2 aromatic carbocycles. The number of benzene rings is 2. The van der Waals surface area contributed by atoms with E-state index in [0.717, 1.165) is 15.6 Å². The van der Waals surface area contributed by atoms with E-state index in [2.05, 4.69) is 0 Å². The van der Waals surface area contributed by atoms with E-state index in [1.54, 1.807) is 47.8 Å². The Balaban J connectivity index is 2.00. The molecule has 1 aliphatic rings. The van der Waals surface area contributed by atoms with Crippen LogP contribution in [-0.2, 0) is 20.4 Å². The normalized spacial score (nSPS) is 18.4. The predicted molar refractivity (Wildman–Crippen MR) is 115 cm³/mol. The maximum Gasteiger partial charge on any atom is 0.280 e. The van der Waals surface area contributed by atoms with Crippen LogP contribution in [0.3, 0.4) is 0 Å². The number of carbonyl (C=O) groups excluding carboxylic acids is 1. The van der Waals surface area contributed by atoms with E-state index >= 15 is 0 Å². The molecule has 0 radical (unpaired) electrons. The van der Waals surface area contributed by atoms with E-state index in [1.807, 2.05) is 6.92 Å². The molecule has 156 valence electrons. The third kappa shape index (κ3) is 2.89. The summed E-state index contributed by atoms with van der Waals surface area (Å²) in [6.45, 7) is 2.18. The second kappa shape index (κ2) is 7.42. The number of hydrogen-bond acceptors (Lipinski definition) is 7. The number of ether oxygens (including phenoxy) is 2. The third-order valence-electron chi connectivity index (χ3n) is 4.97. The van der Waals surface area contributed by atoms with Crippen molar-refractivity contribution in [1.29, 1.82) is 0 Å². The van der Waals surface area contributed by atoms with Gasteiger partial charge in [-0.2, -0.15) is 12.7 Å². The summed E-state index contributed by atoms with van der Waals surface area (Å²) >= 11 is 1.04. The molecule has 9 heteroatoms. The molecule has 0 saturated heterocycles. The Labute approximate surface area is 178 Å². The molecule has 30 heavy (non-hydrogen) atoms. The predicted octanol–water partition coefficient (Wildman–Crippen LogP) is 3.09. The lowest BCUT2D eigenvalue weighted by Gasteiger charge is -2.26. The monoisotopic (exact) mass is 444 g/mol. The standard InChI is InChI=1S/C21H20N2O5S2/c1-3-28-18-8-5-4-7-15(18)21(22)16-13-14(27-2)10-11-17(16)23(20(21)24)30(25,26)19-9-6-12-29-19/h4-13H,3,22H2,1-2H3.